The monoisotopic (exact) mass is 341 g/mol. The third-order valence-corrected chi connectivity index (χ3v) is 4.59. The molecule has 25 heavy (non-hydrogen) atoms. The van der Waals surface area contributed by atoms with Crippen molar-refractivity contribution in [2.24, 2.45) is 0 Å². The molecule has 3 heterocycles. The molecular weight excluding hydrogens is 318 g/mol. The molecule has 0 unspecified atom stereocenters. The summed E-state index contributed by atoms with van der Waals surface area (Å²) in [5.41, 5.74) is 4.17. The van der Waals surface area contributed by atoms with Gasteiger partial charge in [0.05, 0.1) is 17.4 Å². The highest BCUT2D eigenvalue weighted by atomic mass is 16.2. The first-order chi connectivity index (χ1) is 11.8. The lowest BCUT2D eigenvalue weighted by atomic mass is 10.0. The van der Waals surface area contributed by atoms with Crippen LogP contribution in [0, 0.1) is 13.8 Å². The smallest absolute Gasteiger partial charge is 0.272 e. The van der Waals surface area contributed by atoms with E-state index in [4.69, 9.17) is 0 Å². The number of hydrogen-bond donors (Lipinski definition) is 1. The SMILES string of the molecule is Cc1n[nH]c(C)c1[C@@H](C)N(C)C(=O)c1cc(C(C)C)n2ncnc2n1. The molecule has 0 saturated carbocycles. The van der Waals surface area contributed by atoms with Gasteiger partial charge in [0.25, 0.3) is 11.7 Å². The number of nitrogens with zero attached hydrogens (tertiary/aromatic N) is 6. The van der Waals surface area contributed by atoms with Gasteiger partial charge in [-0.2, -0.15) is 15.2 Å². The fraction of sp³-hybridized carbons (Fsp3) is 0.471. The molecule has 0 spiro atoms. The van der Waals surface area contributed by atoms with Gasteiger partial charge in [-0.1, -0.05) is 13.8 Å². The minimum absolute atomic E-state index is 0.121. The molecule has 0 aliphatic rings. The zero-order valence-corrected chi connectivity index (χ0v) is 15.4. The van der Waals surface area contributed by atoms with E-state index in [2.05, 4.69) is 39.1 Å². The highest BCUT2D eigenvalue weighted by molar-refractivity contribution is 5.93. The van der Waals surface area contributed by atoms with Gasteiger partial charge in [0, 0.05) is 18.3 Å². The lowest BCUT2D eigenvalue weighted by Gasteiger charge is -2.25. The van der Waals surface area contributed by atoms with Gasteiger partial charge in [0.15, 0.2) is 0 Å². The molecule has 0 radical (unpaired) electrons. The lowest BCUT2D eigenvalue weighted by molar-refractivity contribution is 0.0736. The van der Waals surface area contributed by atoms with E-state index in [9.17, 15) is 4.79 Å². The summed E-state index contributed by atoms with van der Waals surface area (Å²) < 4.78 is 1.68. The first-order valence-electron chi connectivity index (χ1n) is 8.30. The summed E-state index contributed by atoms with van der Waals surface area (Å²) in [5, 5.41) is 11.4. The standard InChI is InChI=1S/C17H23N7O/c1-9(2)14-7-13(20-17-18-8-19-24(14)17)16(25)23(6)12(5)15-10(3)21-22-11(15)4/h7-9,12H,1-6H3,(H,21,22)/t12-/m1/s1. The molecule has 1 amide bonds. The molecule has 1 N–H and O–H groups in total. The molecule has 0 fully saturated rings. The van der Waals surface area contributed by atoms with Gasteiger partial charge in [0.1, 0.15) is 12.0 Å². The van der Waals surface area contributed by atoms with Gasteiger partial charge in [0.2, 0.25) is 0 Å². The lowest BCUT2D eigenvalue weighted by Crippen LogP contribution is -2.31. The second kappa shape index (κ2) is 6.27. The first kappa shape index (κ1) is 17.1. The van der Waals surface area contributed by atoms with Crippen LogP contribution >= 0.6 is 0 Å². The van der Waals surface area contributed by atoms with Crippen LogP contribution in [0.4, 0.5) is 0 Å². The van der Waals surface area contributed by atoms with E-state index >= 15 is 0 Å². The minimum atomic E-state index is -0.153. The van der Waals surface area contributed by atoms with Crippen LogP contribution in [0.3, 0.4) is 0 Å². The van der Waals surface area contributed by atoms with Gasteiger partial charge in [-0.25, -0.2) is 9.50 Å². The van der Waals surface area contributed by atoms with Crippen molar-refractivity contribution in [1.82, 2.24) is 34.7 Å². The highest BCUT2D eigenvalue weighted by Gasteiger charge is 2.25. The third-order valence-electron chi connectivity index (χ3n) is 4.59. The first-order valence-corrected chi connectivity index (χ1v) is 8.30. The summed E-state index contributed by atoms with van der Waals surface area (Å²) in [6.07, 6.45) is 1.45. The van der Waals surface area contributed by atoms with Gasteiger partial charge >= 0.3 is 0 Å². The molecule has 0 bridgehead atoms. The molecule has 0 aliphatic heterocycles. The average molecular weight is 341 g/mol. The fourth-order valence-corrected chi connectivity index (χ4v) is 3.08. The Balaban J connectivity index is 1.99. The number of aromatic amines is 1. The zero-order chi connectivity index (χ0) is 18.3. The van der Waals surface area contributed by atoms with E-state index in [0.717, 1.165) is 22.6 Å². The molecule has 0 aromatic carbocycles. The molecule has 0 aliphatic carbocycles. The molecule has 8 heteroatoms. The number of aryl methyl sites for hydroxylation is 2. The average Bonchev–Trinajstić information content (AvgIpc) is 3.18. The van der Waals surface area contributed by atoms with Crippen LogP contribution in [-0.2, 0) is 0 Å². The van der Waals surface area contributed by atoms with E-state index < -0.39 is 0 Å². The largest absolute Gasteiger partial charge is 0.333 e. The van der Waals surface area contributed by atoms with E-state index in [0.29, 0.717) is 11.5 Å². The summed E-state index contributed by atoms with van der Waals surface area (Å²) in [6, 6.07) is 1.68. The van der Waals surface area contributed by atoms with E-state index in [1.807, 2.05) is 20.8 Å². The van der Waals surface area contributed by atoms with E-state index in [-0.39, 0.29) is 17.9 Å². The van der Waals surface area contributed by atoms with Crippen LogP contribution in [-0.4, -0.2) is 47.6 Å². The number of nitrogens with one attached hydrogen (secondary N) is 1. The van der Waals surface area contributed by atoms with Crippen molar-refractivity contribution in [3.05, 3.63) is 40.7 Å². The molecule has 132 valence electrons. The van der Waals surface area contributed by atoms with Crippen LogP contribution in [0.1, 0.15) is 65.9 Å². The summed E-state index contributed by atoms with van der Waals surface area (Å²) in [5.74, 6) is 0.478. The summed E-state index contributed by atoms with van der Waals surface area (Å²) in [7, 11) is 1.78. The van der Waals surface area contributed by atoms with E-state index in [1.54, 1.807) is 22.5 Å². The van der Waals surface area contributed by atoms with Crippen LogP contribution in [0.15, 0.2) is 12.4 Å². The number of hydrogen-bond acceptors (Lipinski definition) is 5. The van der Waals surface area contributed by atoms with Crippen molar-refractivity contribution in [1.29, 1.82) is 0 Å². The van der Waals surface area contributed by atoms with Crippen LogP contribution in [0.2, 0.25) is 0 Å². The summed E-state index contributed by atoms with van der Waals surface area (Å²) in [4.78, 5) is 23.2. The third kappa shape index (κ3) is 2.88. The van der Waals surface area contributed by atoms with Gasteiger partial charge < -0.3 is 4.90 Å². The van der Waals surface area contributed by atoms with Gasteiger partial charge in [-0.05, 0) is 32.8 Å². The van der Waals surface area contributed by atoms with Crippen LogP contribution < -0.4 is 0 Å². The van der Waals surface area contributed by atoms with Gasteiger partial charge in [-0.3, -0.25) is 9.89 Å². The molecule has 8 nitrogen and oxygen atoms in total. The quantitative estimate of drug-likeness (QED) is 0.787. The Hall–Kier alpha value is -2.77. The summed E-state index contributed by atoms with van der Waals surface area (Å²) >= 11 is 0. The number of rotatable bonds is 4. The Morgan fingerprint density at radius 3 is 2.60 bits per heavy atom. The van der Waals surface area contributed by atoms with Crippen molar-refractivity contribution in [3.63, 3.8) is 0 Å². The maximum Gasteiger partial charge on any atom is 0.272 e. The Labute approximate surface area is 146 Å². The maximum absolute atomic E-state index is 13.0. The number of amides is 1. The highest BCUT2D eigenvalue weighted by Crippen LogP contribution is 2.25. The molecule has 3 aromatic heterocycles. The Morgan fingerprint density at radius 2 is 2.00 bits per heavy atom. The fourth-order valence-electron chi connectivity index (χ4n) is 3.08. The van der Waals surface area contributed by atoms with Crippen LogP contribution in [0.25, 0.3) is 5.78 Å². The Bertz CT molecular complexity index is 905. The Kier molecular flexibility index (Phi) is 4.28. The second-order valence-corrected chi connectivity index (χ2v) is 6.63. The van der Waals surface area contributed by atoms with Crippen molar-refractivity contribution >= 4 is 11.7 Å². The number of aromatic nitrogens is 6. The van der Waals surface area contributed by atoms with E-state index in [1.165, 1.54) is 6.33 Å². The normalized spacial score (nSPS) is 12.8. The molecule has 0 saturated heterocycles. The van der Waals surface area contributed by atoms with Crippen molar-refractivity contribution < 1.29 is 4.79 Å². The van der Waals surface area contributed by atoms with Crippen molar-refractivity contribution in [2.75, 3.05) is 7.05 Å². The predicted octanol–water partition coefficient (Wildman–Crippen LogP) is 2.42. The number of carbonyl (C=O) groups is 1. The summed E-state index contributed by atoms with van der Waals surface area (Å²) in [6.45, 7) is 9.98. The number of H-pyrrole nitrogens is 1. The minimum Gasteiger partial charge on any atom is -0.333 e. The second-order valence-electron chi connectivity index (χ2n) is 6.63. The number of carbonyl (C=O) groups excluding carboxylic acids is 1. The molecule has 3 rings (SSSR count). The predicted molar refractivity (Wildman–Crippen MR) is 93.4 cm³/mol. The molecular formula is C17H23N7O. The molecule has 3 aromatic rings. The van der Waals surface area contributed by atoms with Crippen molar-refractivity contribution in [3.8, 4) is 0 Å². The van der Waals surface area contributed by atoms with Gasteiger partial charge in [-0.15, -0.1) is 0 Å². The topological polar surface area (TPSA) is 92.1 Å². The maximum atomic E-state index is 13.0. The van der Waals surface area contributed by atoms with Crippen molar-refractivity contribution in [2.45, 2.75) is 46.6 Å². The Morgan fingerprint density at radius 1 is 1.28 bits per heavy atom. The van der Waals surface area contributed by atoms with Crippen LogP contribution in [0.5, 0.6) is 0 Å². The molecule has 1 atom stereocenters. The zero-order valence-electron chi connectivity index (χ0n) is 15.4. The number of fused-ring (bicyclic) bond motifs is 1.